The molecule has 0 fully saturated rings. The molecular formula is C15H16FNS. The molecule has 0 aliphatic heterocycles. The van der Waals surface area contributed by atoms with Gasteiger partial charge in [0.1, 0.15) is 5.82 Å². The van der Waals surface area contributed by atoms with Gasteiger partial charge in [-0.15, -0.1) is 11.8 Å². The fraction of sp³-hybridized carbons (Fsp3) is 0.200. The van der Waals surface area contributed by atoms with Gasteiger partial charge in [0.05, 0.1) is 0 Å². The standard InChI is InChI=1S/C15H16FNS/c1-10-4-3-5-11(2)13(10)9-18-15-7-6-12(16)8-14(15)17/h3-8H,9,17H2,1-2H3. The second-order valence-electron chi connectivity index (χ2n) is 4.34. The Morgan fingerprint density at radius 1 is 1.11 bits per heavy atom. The predicted octanol–water partition coefficient (Wildman–Crippen LogP) is 4.32. The van der Waals surface area contributed by atoms with Crippen molar-refractivity contribution in [1.29, 1.82) is 0 Å². The van der Waals surface area contributed by atoms with Crippen LogP contribution in [0.15, 0.2) is 41.3 Å². The van der Waals surface area contributed by atoms with Gasteiger partial charge >= 0.3 is 0 Å². The van der Waals surface area contributed by atoms with Crippen LogP contribution >= 0.6 is 11.8 Å². The van der Waals surface area contributed by atoms with Gasteiger partial charge in [0.25, 0.3) is 0 Å². The van der Waals surface area contributed by atoms with Gasteiger partial charge in [0, 0.05) is 16.3 Å². The Bertz CT molecular complexity index is 546. The summed E-state index contributed by atoms with van der Waals surface area (Å²) in [5.41, 5.74) is 10.2. The Hall–Kier alpha value is -1.48. The minimum atomic E-state index is -0.288. The molecule has 94 valence electrons. The highest BCUT2D eigenvalue weighted by atomic mass is 32.2. The SMILES string of the molecule is Cc1cccc(C)c1CSc1ccc(F)cc1N. The van der Waals surface area contributed by atoms with E-state index in [-0.39, 0.29) is 5.82 Å². The van der Waals surface area contributed by atoms with Crippen molar-refractivity contribution >= 4 is 17.4 Å². The zero-order valence-corrected chi connectivity index (χ0v) is 11.4. The van der Waals surface area contributed by atoms with E-state index >= 15 is 0 Å². The van der Waals surface area contributed by atoms with E-state index in [1.807, 2.05) is 0 Å². The lowest BCUT2D eigenvalue weighted by atomic mass is 10.1. The molecule has 0 aliphatic carbocycles. The molecule has 0 aliphatic rings. The summed E-state index contributed by atoms with van der Waals surface area (Å²) in [6, 6.07) is 10.8. The molecule has 1 nitrogen and oxygen atoms in total. The van der Waals surface area contributed by atoms with Gasteiger partial charge in [-0.25, -0.2) is 4.39 Å². The number of nitrogen functional groups attached to an aromatic ring is 1. The molecule has 0 aromatic heterocycles. The zero-order chi connectivity index (χ0) is 13.1. The first-order valence-electron chi connectivity index (χ1n) is 5.81. The second kappa shape index (κ2) is 5.44. The molecular weight excluding hydrogens is 245 g/mol. The van der Waals surface area contributed by atoms with Crippen LogP contribution in [0.2, 0.25) is 0 Å². The maximum absolute atomic E-state index is 12.9. The van der Waals surface area contributed by atoms with Crippen molar-refractivity contribution < 1.29 is 4.39 Å². The number of halogens is 1. The maximum atomic E-state index is 12.9. The van der Waals surface area contributed by atoms with Crippen LogP contribution in [0.25, 0.3) is 0 Å². The van der Waals surface area contributed by atoms with Crippen molar-refractivity contribution in [1.82, 2.24) is 0 Å². The highest BCUT2D eigenvalue weighted by molar-refractivity contribution is 7.98. The molecule has 2 rings (SSSR count). The van der Waals surface area contributed by atoms with Gasteiger partial charge in [-0.05, 0) is 48.7 Å². The molecule has 0 saturated heterocycles. The largest absolute Gasteiger partial charge is 0.398 e. The highest BCUT2D eigenvalue weighted by Gasteiger charge is 2.06. The van der Waals surface area contributed by atoms with E-state index in [1.54, 1.807) is 17.8 Å². The summed E-state index contributed by atoms with van der Waals surface area (Å²) in [4.78, 5) is 0.930. The van der Waals surface area contributed by atoms with Gasteiger partial charge < -0.3 is 5.73 Å². The Morgan fingerprint density at radius 3 is 2.39 bits per heavy atom. The monoisotopic (exact) mass is 261 g/mol. The van der Waals surface area contributed by atoms with E-state index in [9.17, 15) is 4.39 Å². The number of thioether (sulfide) groups is 1. The number of nitrogens with two attached hydrogens (primary N) is 1. The first-order chi connectivity index (χ1) is 8.58. The van der Waals surface area contributed by atoms with Gasteiger partial charge in [-0.2, -0.15) is 0 Å². The summed E-state index contributed by atoms with van der Waals surface area (Å²) >= 11 is 1.65. The minimum Gasteiger partial charge on any atom is -0.398 e. The number of hydrogen-bond acceptors (Lipinski definition) is 2. The fourth-order valence-electron chi connectivity index (χ4n) is 1.88. The summed E-state index contributed by atoms with van der Waals surface area (Å²) in [5.74, 6) is 0.567. The molecule has 0 radical (unpaired) electrons. The molecule has 0 heterocycles. The van der Waals surface area contributed by atoms with E-state index in [2.05, 4.69) is 32.0 Å². The Balaban J connectivity index is 2.16. The van der Waals surface area contributed by atoms with Crippen LogP contribution in [-0.2, 0) is 5.75 Å². The van der Waals surface area contributed by atoms with Crippen molar-refractivity contribution in [2.75, 3.05) is 5.73 Å². The number of rotatable bonds is 3. The maximum Gasteiger partial charge on any atom is 0.125 e. The van der Waals surface area contributed by atoms with Crippen LogP contribution in [0.5, 0.6) is 0 Å². The topological polar surface area (TPSA) is 26.0 Å². The second-order valence-corrected chi connectivity index (χ2v) is 5.36. The van der Waals surface area contributed by atoms with Crippen LogP contribution in [0.1, 0.15) is 16.7 Å². The van der Waals surface area contributed by atoms with E-state index in [0.29, 0.717) is 5.69 Å². The van der Waals surface area contributed by atoms with Crippen molar-refractivity contribution in [3.8, 4) is 0 Å². The molecule has 0 spiro atoms. The summed E-state index contributed by atoms with van der Waals surface area (Å²) in [5, 5.41) is 0. The summed E-state index contributed by atoms with van der Waals surface area (Å²) in [6.07, 6.45) is 0. The molecule has 18 heavy (non-hydrogen) atoms. The normalized spacial score (nSPS) is 10.6. The van der Waals surface area contributed by atoms with E-state index in [0.717, 1.165) is 10.6 Å². The molecule has 0 atom stereocenters. The summed E-state index contributed by atoms with van der Waals surface area (Å²) in [6.45, 7) is 4.22. The summed E-state index contributed by atoms with van der Waals surface area (Å²) < 4.78 is 12.9. The van der Waals surface area contributed by atoms with Gasteiger partial charge in [-0.1, -0.05) is 18.2 Å². The molecule has 3 heteroatoms. The predicted molar refractivity (Wildman–Crippen MR) is 76.3 cm³/mol. The smallest absolute Gasteiger partial charge is 0.125 e. The van der Waals surface area contributed by atoms with Gasteiger partial charge in [0.2, 0.25) is 0 Å². The molecule has 0 bridgehead atoms. The molecule has 0 unspecified atom stereocenters. The van der Waals surface area contributed by atoms with Crippen molar-refractivity contribution in [2.24, 2.45) is 0 Å². The lowest BCUT2D eigenvalue weighted by Gasteiger charge is -2.10. The number of hydrogen-bond donors (Lipinski definition) is 1. The van der Waals surface area contributed by atoms with Crippen molar-refractivity contribution in [2.45, 2.75) is 24.5 Å². The van der Waals surface area contributed by atoms with Crippen molar-refractivity contribution in [3.05, 3.63) is 58.9 Å². The van der Waals surface area contributed by atoms with Crippen LogP contribution < -0.4 is 5.73 Å². The number of aryl methyl sites for hydroxylation is 2. The van der Waals surface area contributed by atoms with E-state index in [1.165, 1.54) is 28.8 Å². The van der Waals surface area contributed by atoms with Gasteiger partial charge in [0.15, 0.2) is 0 Å². The van der Waals surface area contributed by atoms with Crippen LogP contribution in [0.3, 0.4) is 0 Å². The van der Waals surface area contributed by atoms with Crippen LogP contribution in [-0.4, -0.2) is 0 Å². The number of anilines is 1. The lowest BCUT2D eigenvalue weighted by Crippen LogP contribution is -1.93. The minimum absolute atomic E-state index is 0.288. The third-order valence-corrected chi connectivity index (χ3v) is 4.10. The Kier molecular flexibility index (Phi) is 3.92. The molecule has 2 aromatic rings. The van der Waals surface area contributed by atoms with Crippen molar-refractivity contribution in [3.63, 3.8) is 0 Å². The third kappa shape index (κ3) is 2.85. The molecule has 2 aromatic carbocycles. The Morgan fingerprint density at radius 2 is 1.78 bits per heavy atom. The third-order valence-electron chi connectivity index (χ3n) is 2.99. The lowest BCUT2D eigenvalue weighted by molar-refractivity contribution is 0.627. The van der Waals surface area contributed by atoms with E-state index in [4.69, 9.17) is 5.73 Å². The Labute approximate surface area is 111 Å². The van der Waals surface area contributed by atoms with Crippen LogP contribution in [0.4, 0.5) is 10.1 Å². The first kappa shape index (κ1) is 13.0. The van der Waals surface area contributed by atoms with Crippen LogP contribution in [0, 0.1) is 19.7 Å². The fourth-order valence-corrected chi connectivity index (χ4v) is 3.02. The highest BCUT2D eigenvalue weighted by Crippen LogP contribution is 2.30. The summed E-state index contributed by atoms with van der Waals surface area (Å²) in [7, 11) is 0. The quantitative estimate of drug-likeness (QED) is 0.658. The molecule has 0 saturated carbocycles. The average Bonchev–Trinajstić information content (AvgIpc) is 2.31. The van der Waals surface area contributed by atoms with E-state index < -0.39 is 0 Å². The molecule has 0 amide bonds. The average molecular weight is 261 g/mol. The molecule has 2 N–H and O–H groups in total. The zero-order valence-electron chi connectivity index (χ0n) is 10.5. The number of benzene rings is 2. The van der Waals surface area contributed by atoms with Gasteiger partial charge in [-0.3, -0.25) is 0 Å². The first-order valence-corrected chi connectivity index (χ1v) is 6.79.